The fourth-order valence-electron chi connectivity index (χ4n) is 1.42. The molecular weight excluding hydrogens is 252 g/mol. The average molecular weight is 273 g/mol. The minimum Gasteiger partial charge on any atom is -0.377 e. The van der Waals surface area contributed by atoms with Crippen LogP contribution in [0.5, 0.6) is 0 Å². The summed E-state index contributed by atoms with van der Waals surface area (Å²) in [7, 11) is 0. The Hall–Kier alpha value is -1.43. The maximum atomic E-state index is 13.5. The van der Waals surface area contributed by atoms with Crippen molar-refractivity contribution in [1.82, 2.24) is 4.98 Å². The molecular formula is C13H21F2N3O. The van der Waals surface area contributed by atoms with E-state index in [2.05, 4.69) is 15.6 Å². The van der Waals surface area contributed by atoms with Gasteiger partial charge in [0.1, 0.15) is 0 Å². The van der Waals surface area contributed by atoms with Crippen LogP contribution in [-0.2, 0) is 4.74 Å². The number of rotatable bonds is 8. The molecule has 0 saturated heterocycles. The molecule has 0 aliphatic rings. The second-order valence-electron chi connectivity index (χ2n) is 4.42. The molecule has 4 nitrogen and oxygen atoms in total. The number of anilines is 2. The van der Waals surface area contributed by atoms with Crippen molar-refractivity contribution in [3.63, 3.8) is 0 Å². The number of nitrogens with zero attached hydrogens (tertiary/aromatic N) is 1. The average Bonchev–Trinajstić information content (AvgIpc) is 2.35. The van der Waals surface area contributed by atoms with Gasteiger partial charge >= 0.3 is 0 Å². The fourth-order valence-corrected chi connectivity index (χ4v) is 1.42. The van der Waals surface area contributed by atoms with E-state index in [-0.39, 0.29) is 17.7 Å². The van der Waals surface area contributed by atoms with Gasteiger partial charge in [0, 0.05) is 19.2 Å². The van der Waals surface area contributed by atoms with Crippen LogP contribution in [0.15, 0.2) is 6.07 Å². The van der Waals surface area contributed by atoms with E-state index in [1.165, 1.54) is 0 Å². The lowest BCUT2D eigenvalue weighted by molar-refractivity contribution is 0.0870. The van der Waals surface area contributed by atoms with Gasteiger partial charge in [0.15, 0.2) is 23.3 Å². The normalized spacial score (nSPS) is 10.8. The summed E-state index contributed by atoms with van der Waals surface area (Å²) in [6, 6.07) is 0.830. The van der Waals surface area contributed by atoms with Gasteiger partial charge in [-0.3, -0.25) is 0 Å². The predicted molar refractivity (Wildman–Crippen MR) is 72.5 cm³/mol. The molecule has 0 aromatic carbocycles. The van der Waals surface area contributed by atoms with Crippen LogP contribution in [0, 0.1) is 11.6 Å². The third kappa shape index (κ3) is 5.38. The van der Waals surface area contributed by atoms with E-state index in [9.17, 15) is 8.78 Å². The Kier molecular flexibility index (Phi) is 6.49. The molecule has 0 fully saturated rings. The molecule has 2 N–H and O–H groups in total. The Morgan fingerprint density at radius 2 is 1.74 bits per heavy atom. The first-order chi connectivity index (χ1) is 9.04. The summed E-state index contributed by atoms with van der Waals surface area (Å²) >= 11 is 0. The van der Waals surface area contributed by atoms with Gasteiger partial charge in [-0.25, -0.2) is 13.8 Å². The van der Waals surface area contributed by atoms with E-state index >= 15 is 0 Å². The minimum atomic E-state index is -0.705. The van der Waals surface area contributed by atoms with Crippen molar-refractivity contribution >= 4 is 11.6 Å². The molecule has 1 rings (SSSR count). The molecule has 0 atom stereocenters. The van der Waals surface area contributed by atoms with E-state index in [4.69, 9.17) is 4.74 Å². The molecule has 0 spiro atoms. The summed E-state index contributed by atoms with van der Waals surface area (Å²) in [6.45, 7) is 7.24. The van der Waals surface area contributed by atoms with Crippen molar-refractivity contribution in [1.29, 1.82) is 0 Å². The first kappa shape index (κ1) is 15.6. The van der Waals surface area contributed by atoms with Crippen LogP contribution in [0.2, 0.25) is 0 Å². The number of aromatic nitrogens is 1. The van der Waals surface area contributed by atoms with Gasteiger partial charge < -0.3 is 15.4 Å². The van der Waals surface area contributed by atoms with Gasteiger partial charge in [0.2, 0.25) is 0 Å². The molecule has 19 heavy (non-hydrogen) atoms. The first-order valence-corrected chi connectivity index (χ1v) is 6.50. The van der Waals surface area contributed by atoms with Gasteiger partial charge in [0.25, 0.3) is 0 Å². The summed E-state index contributed by atoms with van der Waals surface area (Å²) < 4.78 is 32.3. The molecule has 0 amide bonds. The Morgan fingerprint density at radius 3 is 2.26 bits per heavy atom. The zero-order valence-electron chi connectivity index (χ0n) is 11.6. The Balaban J connectivity index is 2.61. The van der Waals surface area contributed by atoms with E-state index in [0.29, 0.717) is 19.7 Å². The number of hydrogen-bond donors (Lipinski definition) is 2. The first-order valence-electron chi connectivity index (χ1n) is 6.50. The SMILES string of the molecule is CCCNc1nc(NCCOC(C)C)c(F)cc1F. The summed E-state index contributed by atoms with van der Waals surface area (Å²) in [5.74, 6) is -1.29. The maximum Gasteiger partial charge on any atom is 0.168 e. The maximum absolute atomic E-state index is 13.5. The van der Waals surface area contributed by atoms with Crippen LogP contribution in [-0.4, -0.2) is 30.8 Å². The lowest BCUT2D eigenvalue weighted by Gasteiger charge is -2.12. The number of hydrogen-bond acceptors (Lipinski definition) is 4. The monoisotopic (exact) mass is 273 g/mol. The largest absolute Gasteiger partial charge is 0.377 e. The molecule has 1 aromatic rings. The number of nitrogens with one attached hydrogen (secondary N) is 2. The second kappa shape index (κ2) is 7.89. The van der Waals surface area contributed by atoms with Crippen LogP contribution in [0.3, 0.4) is 0 Å². The predicted octanol–water partition coefficient (Wildman–Crippen LogP) is 3.02. The summed E-state index contributed by atoms with van der Waals surface area (Å²) in [4.78, 5) is 3.90. The highest BCUT2D eigenvalue weighted by atomic mass is 19.1. The van der Waals surface area contributed by atoms with E-state index in [0.717, 1.165) is 12.5 Å². The summed E-state index contributed by atoms with van der Waals surface area (Å²) in [5, 5.41) is 5.61. The highest BCUT2D eigenvalue weighted by molar-refractivity contribution is 5.47. The quantitative estimate of drug-likeness (QED) is 0.715. The third-order valence-corrected chi connectivity index (χ3v) is 2.32. The van der Waals surface area contributed by atoms with Crippen LogP contribution in [0.4, 0.5) is 20.4 Å². The van der Waals surface area contributed by atoms with Crippen LogP contribution in [0.25, 0.3) is 0 Å². The molecule has 0 aliphatic carbocycles. The van der Waals surface area contributed by atoms with Crippen LogP contribution < -0.4 is 10.6 Å². The zero-order valence-corrected chi connectivity index (χ0v) is 11.6. The molecule has 0 unspecified atom stereocenters. The molecule has 1 aromatic heterocycles. The summed E-state index contributed by atoms with van der Waals surface area (Å²) in [5.41, 5.74) is 0. The molecule has 108 valence electrons. The van der Waals surface area contributed by atoms with E-state index < -0.39 is 11.6 Å². The molecule has 0 radical (unpaired) electrons. The van der Waals surface area contributed by atoms with Gasteiger partial charge in [-0.15, -0.1) is 0 Å². The van der Waals surface area contributed by atoms with Gasteiger partial charge in [0.05, 0.1) is 12.7 Å². The van der Waals surface area contributed by atoms with Gasteiger partial charge in [-0.2, -0.15) is 0 Å². The fraction of sp³-hybridized carbons (Fsp3) is 0.615. The molecule has 6 heteroatoms. The lowest BCUT2D eigenvalue weighted by Crippen LogP contribution is -2.15. The number of halogens is 2. The van der Waals surface area contributed by atoms with Crippen molar-refractivity contribution in [3.8, 4) is 0 Å². The van der Waals surface area contributed by atoms with Crippen molar-refractivity contribution in [2.75, 3.05) is 30.3 Å². The highest BCUT2D eigenvalue weighted by Crippen LogP contribution is 2.18. The molecule has 1 heterocycles. The number of pyridine rings is 1. The standard InChI is InChI=1S/C13H21F2N3O/c1-4-5-16-12-10(14)8-11(15)13(18-12)17-6-7-19-9(2)3/h8-9H,4-7H2,1-3H3,(H2,16,17,18). The minimum absolute atomic E-state index is 0.0346. The molecule has 0 bridgehead atoms. The molecule has 0 saturated carbocycles. The number of ether oxygens (including phenoxy) is 1. The zero-order chi connectivity index (χ0) is 14.3. The third-order valence-electron chi connectivity index (χ3n) is 2.32. The van der Waals surface area contributed by atoms with Crippen molar-refractivity contribution in [2.45, 2.75) is 33.3 Å². The van der Waals surface area contributed by atoms with E-state index in [1.54, 1.807) is 0 Å². The van der Waals surface area contributed by atoms with Crippen molar-refractivity contribution in [3.05, 3.63) is 17.7 Å². The second-order valence-corrected chi connectivity index (χ2v) is 4.42. The van der Waals surface area contributed by atoms with E-state index in [1.807, 2.05) is 20.8 Å². The molecule has 0 aliphatic heterocycles. The lowest BCUT2D eigenvalue weighted by atomic mass is 10.3. The Bertz CT molecular complexity index is 400. The van der Waals surface area contributed by atoms with Crippen molar-refractivity contribution in [2.24, 2.45) is 0 Å². The van der Waals surface area contributed by atoms with Gasteiger partial charge in [-0.05, 0) is 20.3 Å². The van der Waals surface area contributed by atoms with Crippen molar-refractivity contribution < 1.29 is 13.5 Å². The Morgan fingerprint density at radius 1 is 1.16 bits per heavy atom. The van der Waals surface area contributed by atoms with Gasteiger partial charge in [-0.1, -0.05) is 6.92 Å². The van der Waals surface area contributed by atoms with Crippen LogP contribution in [0.1, 0.15) is 27.2 Å². The topological polar surface area (TPSA) is 46.2 Å². The summed E-state index contributed by atoms with van der Waals surface area (Å²) in [6.07, 6.45) is 0.957. The van der Waals surface area contributed by atoms with Crippen LogP contribution >= 0.6 is 0 Å². The highest BCUT2D eigenvalue weighted by Gasteiger charge is 2.11. The smallest absolute Gasteiger partial charge is 0.168 e. The Labute approximate surface area is 112 Å².